The molecule has 8 nitrogen and oxygen atoms in total. The second-order valence-electron chi connectivity index (χ2n) is 4.90. The van der Waals surface area contributed by atoms with Crippen molar-refractivity contribution in [2.45, 2.75) is 13.1 Å². The zero-order valence-electron chi connectivity index (χ0n) is 13.4. The van der Waals surface area contributed by atoms with E-state index in [1.54, 1.807) is 32.8 Å². The van der Waals surface area contributed by atoms with Crippen LogP contribution in [0, 0.1) is 0 Å². The molecule has 0 aliphatic heterocycles. The minimum absolute atomic E-state index is 0.422. The van der Waals surface area contributed by atoms with Gasteiger partial charge in [-0.3, -0.25) is 4.98 Å². The van der Waals surface area contributed by atoms with Gasteiger partial charge >= 0.3 is 0 Å². The van der Waals surface area contributed by atoms with E-state index >= 15 is 0 Å². The maximum atomic E-state index is 5.29. The van der Waals surface area contributed by atoms with Gasteiger partial charge in [0, 0.05) is 18.9 Å². The molecule has 0 unspecified atom stereocenters. The Balaban J connectivity index is 1.58. The van der Waals surface area contributed by atoms with Crippen molar-refractivity contribution in [3.05, 3.63) is 48.2 Å². The number of ether oxygens (including phenoxy) is 2. The Kier molecular flexibility index (Phi) is 4.97. The van der Waals surface area contributed by atoms with Crippen LogP contribution in [0.25, 0.3) is 11.5 Å². The first-order chi connectivity index (χ1) is 11.8. The summed E-state index contributed by atoms with van der Waals surface area (Å²) >= 11 is 0. The van der Waals surface area contributed by atoms with Gasteiger partial charge in [0.2, 0.25) is 11.7 Å². The molecular weight excluding hydrogens is 310 g/mol. The molecule has 0 aliphatic carbocycles. The van der Waals surface area contributed by atoms with Crippen LogP contribution in [0.15, 0.2) is 41.3 Å². The number of nitrogens with zero attached hydrogens (tertiary/aromatic N) is 4. The van der Waals surface area contributed by atoms with Crippen LogP contribution in [0.4, 0.5) is 0 Å². The SMILES string of the molecule is COc1ccc(CNCc2nc(-c3cnccn3)no2)cc1OC. The molecule has 1 N–H and O–H groups in total. The van der Waals surface area contributed by atoms with Crippen LogP contribution in [-0.4, -0.2) is 34.3 Å². The van der Waals surface area contributed by atoms with Gasteiger partial charge in [-0.2, -0.15) is 4.98 Å². The highest BCUT2D eigenvalue weighted by atomic mass is 16.5. The van der Waals surface area contributed by atoms with Crippen LogP contribution in [0.1, 0.15) is 11.5 Å². The van der Waals surface area contributed by atoms with E-state index in [2.05, 4.69) is 25.4 Å². The van der Waals surface area contributed by atoms with Crippen molar-refractivity contribution in [1.29, 1.82) is 0 Å². The number of benzene rings is 1. The Morgan fingerprint density at radius 2 is 1.96 bits per heavy atom. The van der Waals surface area contributed by atoms with Gasteiger partial charge in [0.25, 0.3) is 0 Å². The number of hydrogen-bond acceptors (Lipinski definition) is 8. The van der Waals surface area contributed by atoms with Gasteiger partial charge in [-0.05, 0) is 17.7 Å². The average Bonchev–Trinajstić information content (AvgIpc) is 3.11. The monoisotopic (exact) mass is 327 g/mol. The molecule has 2 heterocycles. The van der Waals surface area contributed by atoms with Crippen molar-refractivity contribution >= 4 is 0 Å². The van der Waals surface area contributed by atoms with Crippen LogP contribution >= 0.6 is 0 Å². The van der Waals surface area contributed by atoms with Crippen molar-refractivity contribution in [2.24, 2.45) is 0 Å². The Morgan fingerprint density at radius 3 is 2.71 bits per heavy atom. The topological polar surface area (TPSA) is 95.2 Å². The highest BCUT2D eigenvalue weighted by molar-refractivity contribution is 5.45. The van der Waals surface area contributed by atoms with Crippen LogP contribution in [-0.2, 0) is 13.1 Å². The second-order valence-corrected chi connectivity index (χ2v) is 4.90. The van der Waals surface area contributed by atoms with Gasteiger partial charge in [-0.15, -0.1) is 0 Å². The third-order valence-corrected chi connectivity index (χ3v) is 3.31. The molecule has 0 amide bonds. The molecule has 3 rings (SSSR count). The van der Waals surface area contributed by atoms with E-state index in [9.17, 15) is 0 Å². The van der Waals surface area contributed by atoms with Gasteiger partial charge in [-0.1, -0.05) is 11.2 Å². The lowest BCUT2D eigenvalue weighted by Crippen LogP contribution is -2.13. The summed E-state index contributed by atoms with van der Waals surface area (Å²) < 4.78 is 15.7. The molecule has 0 fully saturated rings. The summed E-state index contributed by atoms with van der Waals surface area (Å²) in [4.78, 5) is 12.4. The smallest absolute Gasteiger partial charge is 0.240 e. The van der Waals surface area contributed by atoms with Crippen molar-refractivity contribution < 1.29 is 14.0 Å². The van der Waals surface area contributed by atoms with Gasteiger partial charge in [0.1, 0.15) is 5.69 Å². The minimum atomic E-state index is 0.422. The van der Waals surface area contributed by atoms with Crippen LogP contribution in [0.2, 0.25) is 0 Å². The van der Waals surface area contributed by atoms with Crippen LogP contribution in [0.5, 0.6) is 11.5 Å². The van der Waals surface area contributed by atoms with E-state index in [0.29, 0.717) is 42.0 Å². The van der Waals surface area contributed by atoms with E-state index in [0.717, 1.165) is 5.56 Å². The summed E-state index contributed by atoms with van der Waals surface area (Å²) in [5.41, 5.74) is 1.63. The Labute approximate surface area is 138 Å². The lowest BCUT2D eigenvalue weighted by molar-refractivity contribution is 0.354. The lowest BCUT2D eigenvalue weighted by atomic mass is 10.2. The Hall–Kier alpha value is -3.00. The number of methoxy groups -OCH3 is 2. The van der Waals surface area contributed by atoms with Gasteiger partial charge < -0.3 is 19.3 Å². The zero-order chi connectivity index (χ0) is 16.8. The zero-order valence-corrected chi connectivity index (χ0v) is 13.4. The fourth-order valence-corrected chi connectivity index (χ4v) is 2.15. The lowest BCUT2D eigenvalue weighted by Gasteiger charge is -2.09. The van der Waals surface area contributed by atoms with Gasteiger partial charge in [0.15, 0.2) is 11.5 Å². The van der Waals surface area contributed by atoms with Crippen LogP contribution < -0.4 is 14.8 Å². The second kappa shape index (κ2) is 7.51. The Bertz CT molecular complexity index is 791. The molecule has 124 valence electrons. The fraction of sp³-hybridized carbons (Fsp3) is 0.250. The summed E-state index contributed by atoms with van der Waals surface area (Å²) in [7, 11) is 3.22. The molecule has 0 spiro atoms. The maximum Gasteiger partial charge on any atom is 0.240 e. The number of nitrogens with one attached hydrogen (secondary N) is 1. The molecule has 3 aromatic rings. The molecule has 0 saturated carbocycles. The normalized spacial score (nSPS) is 10.6. The molecule has 2 aromatic heterocycles. The molecule has 0 saturated heterocycles. The minimum Gasteiger partial charge on any atom is -0.493 e. The van der Waals surface area contributed by atoms with Gasteiger partial charge in [0.05, 0.1) is 27.0 Å². The van der Waals surface area contributed by atoms with E-state index in [1.165, 1.54) is 0 Å². The third kappa shape index (κ3) is 3.66. The first kappa shape index (κ1) is 15.9. The molecule has 0 radical (unpaired) electrons. The Morgan fingerprint density at radius 1 is 1.08 bits per heavy atom. The van der Waals surface area contributed by atoms with Crippen molar-refractivity contribution in [1.82, 2.24) is 25.4 Å². The molecule has 24 heavy (non-hydrogen) atoms. The van der Waals surface area contributed by atoms with Crippen molar-refractivity contribution in [3.8, 4) is 23.0 Å². The first-order valence-corrected chi connectivity index (χ1v) is 7.30. The van der Waals surface area contributed by atoms with Crippen LogP contribution in [0.3, 0.4) is 0 Å². The standard InChI is InChI=1S/C16H17N5O3/c1-22-13-4-3-11(7-14(13)23-2)8-18-10-15-20-16(21-24-15)12-9-17-5-6-19-12/h3-7,9,18H,8,10H2,1-2H3. The van der Waals surface area contributed by atoms with E-state index in [-0.39, 0.29) is 0 Å². The third-order valence-electron chi connectivity index (χ3n) is 3.31. The predicted octanol–water partition coefficient (Wildman–Crippen LogP) is 1.83. The average molecular weight is 327 g/mol. The van der Waals surface area contributed by atoms with Gasteiger partial charge in [-0.25, -0.2) is 4.98 Å². The molecule has 0 bridgehead atoms. The largest absolute Gasteiger partial charge is 0.493 e. The summed E-state index contributed by atoms with van der Waals surface area (Å²) in [5.74, 6) is 2.30. The number of aromatic nitrogens is 4. The number of hydrogen-bond donors (Lipinski definition) is 1. The fourth-order valence-electron chi connectivity index (χ4n) is 2.15. The quantitative estimate of drug-likeness (QED) is 0.702. The summed E-state index contributed by atoms with van der Waals surface area (Å²) in [5, 5.41) is 7.14. The molecular formula is C16H17N5O3. The molecule has 0 atom stereocenters. The summed E-state index contributed by atoms with van der Waals surface area (Å²) in [6, 6.07) is 5.76. The predicted molar refractivity (Wildman–Crippen MR) is 85.4 cm³/mol. The van der Waals surface area contributed by atoms with E-state index < -0.39 is 0 Å². The molecule has 8 heteroatoms. The molecule has 0 aliphatic rings. The summed E-state index contributed by atoms with van der Waals surface area (Å²) in [6.45, 7) is 1.07. The van der Waals surface area contributed by atoms with E-state index in [1.807, 2.05) is 18.2 Å². The maximum absolute atomic E-state index is 5.29. The highest BCUT2D eigenvalue weighted by Crippen LogP contribution is 2.27. The van der Waals surface area contributed by atoms with Crippen molar-refractivity contribution in [3.63, 3.8) is 0 Å². The summed E-state index contributed by atoms with van der Waals surface area (Å²) in [6.07, 6.45) is 4.77. The number of rotatable bonds is 7. The first-order valence-electron chi connectivity index (χ1n) is 7.30. The molecule has 1 aromatic carbocycles. The van der Waals surface area contributed by atoms with Crippen molar-refractivity contribution in [2.75, 3.05) is 14.2 Å². The van der Waals surface area contributed by atoms with E-state index in [4.69, 9.17) is 14.0 Å². The highest BCUT2D eigenvalue weighted by Gasteiger charge is 2.10.